The number of rotatable bonds is 9. The second-order valence-corrected chi connectivity index (χ2v) is 5.40. The van der Waals surface area contributed by atoms with Crippen LogP contribution >= 0.6 is 0 Å². The van der Waals surface area contributed by atoms with Gasteiger partial charge in [-0.3, -0.25) is 4.79 Å². The number of benzene rings is 1. The quantitative estimate of drug-likeness (QED) is 0.729. The first-order valence-electron chi connectivity index (χ1n) is 7.20. The number of carboxylic acids is 1. The number of carbonyl (C=O) groups is 1. The average Bonchev–Trinajstić information content (AvgIpc) is 2.41. The molecule has 0 amide bonds. The highest BCUT2D eigenvalue weighted by atomic mass is 16.5. The Bertz CT molecular complexity index is 418. The number of carboxylic acid groups (broad SMARTS) is 1. The maximum Gasteiger partial charge on any atom is 0.320 e. The van der Waals surface area contributed by atoms with Crippen LogP contribution in [0.5, 0.6) is 5.75 Å². The van der Waals surface area contributed by atoms with E-state index in [1.54, 1.807) is 0 Å². The van der Waals surface area contributed by atoms with Gasteiger partial charge in [0.05, 0.1) is 6.61 Å². The van der Waals surface area contributed by atoms with E-state index >= 15 is 0 Å². The molecule has 0 fully saturated rings. The molecule has 0 aliphatic carbocycles. The average molecular weight is 279 g/mol. The molecule has 112 valence electrons. The van der Waals surface area contributed by atoms with Crippen molar-refractivity contribution in [1.29, 1.82) is 0 Å². The van der Waals surface area contributed by atoms with E-state index in [4.69, 9.17) is 4.74 Å². The molecule has 1 aromatic rings. The zero-order valence-electron chi connectivity index (χ0n) is 12.6. The normalized spacial score (nSPS) is 12.4. The van der Waals surface area contributed by atoms with Gasteiger partial charge >= 0.3 is 5.97 Å². The van der Waals surface area contributed by atoms with Crippen molar-refractivity contribution in [2.45, 2.75) is 46.2 Å². The first-order chi connectivity index (χ1) is 9.52. The van der Waals surface area contributed by atoms with Crippen LogP contribution in [0, 0.1) is 5.92 Å². The van der Waals surface area contributed by atoms with Gasteiger partial charge in [0.1, 0.15) is 11.8 Å². The fraction of sp³-hybridized carbons (Fsp3) is 0.562. The highest BCUT2D eigenvalue weighted by Gasteiger charge is 2.17. The molecule has 1 unspecified atom stereocenters. The van der Waals surface area contributed by atoms with Crippen molar-refractivity contribution >= 4 is 5.97 Å². The largest absolute Gasteiger partial charge is 0.494 e. The summed E-state index contributed by atoms with van der Waals surface area (Å²) in [6.07, 6.45) is 1.60. The third-order valence-electron chi connectivity index (χ3n) is 2.93. The van der Waals surface area contributed by atoms with Crippen molar-refractivity contribution in [3.8, 4) is 5.75 Å². The minimum Gasteiger partial charge on any atom is -0.494 e. The summed E-state index contributed by atoms with van der Waals surface area (Å²) in [6.45, 7) is 7.34. The van der Waals surface area contributed by atoms with Crippen LogP contribution in [0.2, 0.25) is 0 Å². The third kappa shape index (κ3) is 6.06. The molecule has 4 heteroatoms. The molecule has 1 atom stereocenters. The number of hydrogen-bond donors (Lipinski definition) is 2. The summed E-state index contributed by atoms with van der Waals surface area (Å²) in [4.78, 5) is 11.2. The Morgan fingerprint density at radius 2 is 2.15 bits per heavy atom. The lowest BCUT2D eigenvalue weighted by molar-refractivity contribution is -0.140. The lowest BCUT2D eigenvalue weighted by atomic mass is 10.0. The number of nitrogens with one attached hydrogen (secondary N) is 1. The van der Waals surface area contributed by atoms with Crippen molar-refractivity contribution in [3.63, 3.8) is 0 Å². The fourth-order valence-electron chi connectivity index (χ4n) is 1.95. The summed E-state index contributed by atoms with van der Waals surface area (Å²) in [5.74, 6) is 0.391. The zero-order chi connectivity index (χ0) is 15.0. The minimum absolute atomic E-state index is 0.350. The van der Waals surface area contributed by atoms with Crippen LogP contribution in [-0.2, 0) is 11.3 Å². The molecule has 4 nitrogen and oxygen atoms in total. The monoisotopic (exact) mass is 279 g/mol. The summed E-state index contributed by atoms with van der Waals surface area (Å²) < 4.78 is 5.57. The van der Waals surface area contributed by atoms with Gasteiger partial charge in [0.15, 0.2) is 0 Å². The Morgan fingerprint density at radius 1 is 1.40 bits per heavy atom. The van der Waals surface area contributed by atoms with Crippen molar-refractivity contribution in [3.05, 3.63) is 29.8 Å². The van der Waals surface area contributed by atoms with Crippen LogP contribution in [0.4, 0.5) is 0 Å². The van der Waals surface area contributed by atoms with Crippen molar-refractivity contribution < 1.29 is 14.6 Å². The molecule has 1 rings (SSSR count). The van der Waals surface area contributed by atoms with E-state index in [2.05, 4.69) is 12.2 Å². The Kier molecular flexibility index (Phi) is 7.09. The van der Waals surface area contributed by atoms with Gasteiger partial charge in [-0.05, 0) is 36.5 Å². The van der Waals surface area contributed by atoms with E-state index < -0.39 is 12.0 Å². The van der Waals surface area contributed by atoms with Gasteiger partial charge in [-0.1, -0.05) is 32.9 Å². The maximum atomic E-state index is 11.2. The number of hydrogen-bond acceptors (Lipinski definition) is 3. The first kappa shape index (κ1) is 16.5. The van der Waals surface area contributed by atoms with E-state index in [0.717, 1.165) is 17.7 Å². The van der Waals surface area contributed by atoms with Crippen LogP contribution in [0.25, 0.3) is 0 Å². The van der Waals surface area contributed by atoms with Crippen LogP contribution < -0.4 is 10.1 Å². The maximum absolute atomic E-state index is 11.2. The molecular weight excluding hydrogens is 254 g/mol. The van der Waals surface area contributed by atoms with Gasteiger partial charge in [0, 0.05) is 6.54 Å². The van der Waals surface area contributed by atoms with Crippen molar-refractivity contribution in [1.82, 2.24) is 5.32 Å². The molecule has 0 aliphatic rings. The molecule has 0 bridgehead atoms. The number of ether oxygens (including phenoxy) is 1. The van der Waals surface area contributed by atoms with Gasteiger partial charge in [0.25, 0.3) is 0 Å². The van der Waals surface area contributed by atoms with E-state index in [1.165, 1.54) is 0 Å². The van der Waals surface area contributed by atoms with Crippen molar-refractivity contribution in [2.75, 3.05) is 6.61 Å². The fourth-order valence-corrected chi connectivity index (χ4v) is 1.95. The van der Waals surface area contributed by atoms with Gasteiger partial charge in [-0.15, -0.1) is 0 Å². The van der Waals surface area contributed by atoms with E-state index in [0.29, 0.717) is 25.5 Å². The molecule has 0 radical (unpaired) electrons. The first-order valence-corrected chi connectivity index (χ1v) is 7.20. The van der Waals surface area contributed by atoms with Crippen molar-refractivity contribution in [2.24, 2.45) is 5.92 Å². The van der Waals surface area contributed by atoms with Crippen LogP contribution in [0.15, 0.2) is 24.3 Å². The molecule has 2 N–H and O–H groups in total. The van der Waals surface area contributed by atoms with Crippen LogP contribution in [-0.4, -0.2) is 23.7 Å². The van der Waals surface area contributed by atoms with Gasteiger partial charge < -0.3 is 15.2 Å². The molecule has 1 aromatic carbocycles. The summed E-state index contributed by atoms with van der Waals surface area (Å²) in [5, 5.41) is 12.3. The topological polar surface area (TPSA) is 58.6 Å². The Hall–Kier alpha value is -1.55. The molecule has 20 heavy (non-hydrogen) atoms. The third-order valence-corrected chi connectivity index (χ3v) is 2.93. The lowest BCUT2D eigenvalue weighted by Crippen LogP contribution is -2.37. The molecule has 0 aromatic heterocycles. The zero-order valence-corrected chi connectivity index (χ0v) is 12.6. The Labute approximate surface area is 121 Å². The van der Waals surface area contributed by atoms with E-state index in [-0.39, 0.29) is 0 Å². The Balaban J connectivity index is 2.56. The molecule has 0 saturated carbocycles. The summed E-state index contributed by atoms with van der Waals surface area (Å²) >= 11 is 0. The van der Waals surface area contributed by atoms with Crippen LogP contribution in [0.1, 0.15) is 39.2 Å². The Morgan fingerprint density at radius 3 is 2.75 bits per heavy atom. The lowest BCUT2D eigenvalue weighted by Gasteiger charge is -2.16. The second-order valence-electron chi connectivity index (χ2n) is 5.40. The molecule has 0 heterocycles. The predicted octanol–water partition coefficient (Wildman–Crippen LogP) is 3.06. The summed E-state index contributed by atoms with van der Waals surface area (Å²) in [5.41, 5.74) is 1.04. The molecule has 0 spiro atoms. The van der Waals surface area contributed by atoms with Gasteiger partial charge in [0.2, 0.25) is 0 Å². The summed E-state index contributed by atoms with van der Waals surface area (Å²) in [7, 11) is 0. The van der Waals surface area contributed by atoms with Crippen LogP contribution in [0.3, 0.4) is 0 Å². The smallest absolute Gasteiger partial charge is 0.320 e. The molecule has 0 aliphatic heterocycles. The highest BCUT2D eigenvalue weighted by Crippen LogP contribution is 2.14. The highest BCUT2D eigenvalue weighted by molar-refractivity contribution is 5.73. The SMILES string of the molecule is CCCOc1cccc(CNC(CC(C)C)C(=O)O)c1. The standard InChI is InChI=1S/C16H25NO3/c1-4-8-20-14-7-5-6-13(10-14)11-17-15(16(18)19)9-12(2)3/h5-7,10,12,15,17H,4,8-9,11H2,1-3H3,(H,18,19). The predicted molar refractivity (Wildman–Crippen MR) is 79.9 cm³/mol. The van der Waals surface area contributed by atoms with E-state index in [1.807, 2.05) is 38.1 Å². The number of aliphatic carboxylic acids is 1. The molecule has 0 saturated heterocycles. The minimum atomic E-state index is -0.794. The second kappa shape index (κ2) is 8.59. The van der Waals surface area contributed by atoms with Gasteiger partial charge in [-0.25, -0.2) is 0 Å². The van der Waals surface area contributed by atoms with Gasteiger partial charge in [-0.2, -0.15) is 0 Å². The summed E-state index contributed by atoms with van der Waals surface area (Å²) in [6, 6.07) is 7.27. The molecular formula is C16H25NO3. The van der Waals surface area contributed by atoms with E-state index in [9.17, 15) is 9.90 Å².